The highest BCUT2D eigenvalue weighted by molar-refractivity contribution is 5.66. The smallest absolute Gasteiger partial charge is 0.134 e. The fraction of sp³-hybridized carbons (Fsp3) is 0.375. The van der Waals surface area contributed by atoms with E-state index in [1.807, 2.05) is 25.1 Å². The Morgan fingerprint density at radius 2 is 1.54 bits per heavy atom. The first-order chi connectivity index (χ1) is 17.0. The molecule has 0 bridgehead atoms. The van der Waals surface area contributed by atoms with Crippen LogP contribution in [0.4, 0.5) is 13.2 Å². The van der Waals surface area contributed by atoms with E-state index in [1.54, 1.807) is 12.1 Å². The average molecular weight is 477 g/mol. The van der Waals surface area contributed by atoms with E-state index in [-0.39, 0.29) is 17.0 Å². The van der Waals surface area contributed by atoms with Crippen molar-refractivity contribution in [1.82, 2.24) is 0 Å². The topological polar surface area (TPSA) is 0 Å². The van der Waals surface area contributed by atoms with Gasteiger partial charge in [0.25, 0.3) is 0 Å². The van der Waals surface area contributed by atoms with Crippen molar-refractivity contribution < 1.29 is 13.2 Å². The van der Waals surface area contributed by atoms with E-state index in [1.165, 1.54) is 23.8 Å². The van der Waals surface area contributed by atoms with Crippen LogP contribution in [0.3, 0.4) is 0 Å². The average Bonchev–Trinajstić information content (AvgIpc) is 2.86. The highest BCUT2D eigenvalue weighted by Gasteiger charge is 2.26. The zero-order valence-corrected chi connectivity index (χ0v) is 20.7. The second kappa shape index (κ2) is 11.7. The molecule has 184 valence electrons. The fourth-order valence-electron chi connectivity index (χ4n) is 5.56. The van der Waals surface area contributed by atoms with Gasteiger partial charge in [-0.3, -0.25) is 0 Å². The molecule has 0 spiro atoms. The molecule has 4 rings (SSSR count). The van der Waals surface area contributed by atoms with Crippen LogP contribution in [0.2, 0.25) is 0 Å². The second-order valence-corrected chi connectivity index (χ2v) is 10.0. The van der Waals surface area contributed by atoms with Crippen molar-refractivity contribution in [1.29, 1.82) is 0 Å². The van der Waals surface area contributed by atoms with Gasteiger partial charge in [-0.25, -0.2) is 13.2 Å². The lowest BCUT2D eigenvalue weighted by Crippen LogP contribution is -2.15. The SMILES string of the molecule is C/C=C/CCc1ccc(-c2c(F)cc(C3CCC(CC(C)c4ccccc4)CC3)cc2F)cc1F. The van der Waals surface area contributed by atoms with Gasteiger partial charge in [0, 0.05) is 0 Å². The number of allylic oxidation sites excluding steroid dienone is 2. The zero-order valence-electron chi connectivity index (χ0n) is 20.7. The van der Waals surface area contributed by atoms with Crippen molar-refractivity contribution in [3.8, 4) is 11.1 Å². The Morgan fingerprint density at radius 3 is 2.17 bits per heavy atom. The van der Waals surface area contributed by atoms with Crippen LogP contribution >= 0.6 is 0 Å². The summed E-state index contributed by atoms with van der Waals surface area (Å²) in [6.45, 7) is 4.20. The molecule has 1 aliphatic carbocycles. The predicted octanol–water partition coefficient (Wildman–Crippen LogP) is 9.75. The second-order valence-electron chi connectivity index (χ2n) is 10.0. The van der Waals surface area contributed by atoms with Gasteiger partial charge < -0.3 is 0 Å². The summed E-state index contributed by atoms with van der Waals surface area (Å²) in [5, 5.41) is 0. The van der Waals surface area contributed by atoms with E-state index < -0.39 is 17.5 Å². The molecule has 1 fully saturated rings. The third kappa shape index (κ3) is 6.25. The van der Waals surface area contributed by atoms with E-state index in [0.29, 0.717) is 23.8 Å². The summed E-state index contributed by atoms with van der Waals surface area (Å²) in [5.74, 6) is -0.312. The molecule has 1 atom stereocenters. The molecule has 1 unspecified atom stereocenters. The van der Waals surface area contributed by atoms with Gasteiger partial charge in [0.05, 0.1) is 5.56 Å². The summed E-state index contributed by atoms with van der Waals surface area (Å²) >= 11 is 0. The van der Waals surface area contributed by atoms with Crippen LogP contribution in [-0.2, 0) is 6.42 Å². The summed E-state index contributed by atoms with van der Waals surface area (Å²) in [7, 11) is 0. The van der Waals surface area contributed by atoms with Crippen molar-refractivity contribution in [2.45, 2.75) is 70.6 Å². The molecule has 0 radical (unpaired) electrons. The first-order valence-electron chi connectivity index (χ1n) is 12.9. The van der Waals surface area contributed by atoms with Gasteiger partial charge in [0.15, 0.2) is 0 Å². The molecule has 1 aliphatic rings. The first-order valence-corrected chi connectivity index (χ1v) is 12.9. The minimum Gasteiger partial charge on any atom is -0.207 e. The van der Waals surface area contributed by atoms with Gasteiger partial charge in [0.1, 0.15) is 17.5 Å². The van der Waals surface area contributed by atoms with Crippen LogP contribution in [0.5, 0.6) is 0 Å². The third-order valence-corrected chi connectivity index (χ3v) is 7.60. The Bertz CT molecular complexity index is 1120. The van der Waals surface area contributed by atoms with E-state index in [2.05, 4.69) is 31.2 Å². The first kappa shape index (κ1) is 25.3. The lowest BCUT2D eigenvalue weighted by molar-refractivity contribution is 0.296. The summed E-state index contributed by atoms with van der Waals surface area (Å²) in [6, 6.07) is 18.0. The van der Waals surface area contributed by atoms with Gasteiger partial charge in [-0.2, -0.15) is 0 Å². The molecule has 1 saturated carbocycles. The third-order valence-electron chi connectivity index (χ3n) is 7.60. The Kier molecular flexibility index (Phi) is 8.49. The van der Waals surface area contributed by atoms with Crippen LogP contribution in [0.1, 0.15) is 80.9 Å². The standard InChI is InChI=1S/C32H35F3/c1-3-4-6-11-26-16-17-27(19-29(26)33)32-30(34)20-28(21-31(32)35)25-14-12-23(13-15-25)18-22(2)24-9-7-5-8-10-24/h3-5,7-10,16-17,19-23,25H,6,11-15,18H2,1-2H3/b4-3+. The van der Waals surface area contributed by atoms with E-state index in [0.717, 1.165) is 44.1 Å². The predicted molar refractivity (Wildman–Crippen MR) is 139 cm³/mol. The van der Waals surface area contributed by atoms with Crippen molar-refractivity contribution in [2.75, 3.05) is 0 Å². The van der Waals surface area contributed by atoms with Gasteiger partial charge in [-0.1, -0.05) is 61.5 Å². The molecule has 0 aromatic heterocycles. The molecule has 3 aromatic carbocycles. The Morgan fingerprint density at radius 1 is 0.857 bits per heavy atom. The van der Waals surface area contributed by atoms with Gasteiger partial charge >= 0.3 is 0 Å². The molecule has 0 N–H and O–H groups in total. The molecular formula is C32H35F3. The van der Waals surface area contributed by atoms with Gasteiger partial charge in [-0.15, -0.1) is 0 Å². The lowest BCUT2D eigenvalue weighted by Gasteiger charge is -2.30. The highest BCUT2D eigenvalue weighted by Crippen LogP contribution is 2.41. The number of benzene rings is 3. The normalized spacial score (nSPS) is 19.2. The summed E-state index contributed by atoms with van der Waals surface area (Å²) in [4.78, 5) is 0. The number of halogens is 3. The van der Waals surface area contributed by atoms with Crippen LogP contribution < -0.4 is 0 Å². The lowest BCUT2D eigenvalue weighted by atomic mass is 9.75. The molecule has 0 amide bonds. The van der Waals surface area contributed by atoms with Crippen LogP contribution in [0.15, 0.2) is 72.8 Å². The molecule has 0 aliphatic heterocycles. The zero-order chi connectivity index (χ0) is 24.8. The van der Waals surface area contributed by atoms with E-state index in [4.69, 9.17) is 0 Å². The van der Waals surface area contributed by atoms with Crippen molar-refractivity contribution >= 4 is 0 Å². The maximum absolute atomic E-state index is 15.1. The minimum absolute atomic E-state index is 0.141. The Hall–Kier alpha value is -2.81. The Labute approximate surface area is 207 Å². The molecule has 35 heavy (non-hydrogen) atoms. The molecular weight excluding hydrogens is 441 g/mol. The number of rotatable bonds is 8. The molecule has 0 saturated heterocycles. The van der Waals surface area contributed by atoms with Crippen LogP contribution in [0, 0.1) is 23.4 Å². The van der Waals surface area contributed by atoms with E-state index >= 15 is 8.78 Å². The maximum atomic E-state index is 15.1. The fourth-order valence-corrected chi connectivity index (χ4v) is 5.56. The van der Waals surface area contributed by atoms with Crippen molar-refractivity contribution in [2.24, 2.45) is 5.92 Å². The van der Waals surface area contributed by atoms with Crippen LogP contribution in [0.25, 0.3) is 11.1 Å². The molecule has 3 heteroatoms. The molecule has 0 nitrogen and oxygen atoms in total. The van der Waals surface area contributed by atoms with Gasteiger partial charge in [0.2, 0.25) is 0 Å². The molecule has 0 heterocycles. The summed E-state index contributed by atoms with van der Waals surface area (Å²) in [6.07, 6.45) is 10.4. The maximum Gasteiger partial charge on any atom is 0.134 e. The number of hydrogen-bond acceptors (Lipinski definition) is 0. The highest BCUT2D eigenvalue weighted by atomic mass is 19.1. The van der Waals surface area contributed by atoms with E-state index in [9.17, 15) is 4.39 Å². The van der Waals surface area contributed by atoms with Crippen molar-refractivity contribution in [3.63, 3.8) is 0 Å². The van der Waals surface area contributed by atoms with Crippen molar-refractivity contribution in [3.05, 3.63) is 107 Å². The minimum atomic E-state index is -0.610. The summed E-state index contributed by atoms with van der Waals surface area (Å²) < 4.78 is 44.8. The Balaban J connectivity index is 1.41. The monoisotopic (exact) mass is 476 g/mol. The van der Waals surface area contributed by atoms with Crippen LogP contribution in [-0.4, -0.2) is 0 Å². The molecule has 3 aromatic rings. The number of hydrogen-bond donors (Lipinski definition) is 0. The van der Waals surface area contributed by atoms with Gasteiger partial charge in [-0.05, 0) is 110 Å². The largest absolute Gasteiger partial charge is 0.207 e. The summed E-state index contributed by atoms with van der Waals surface area (Å²) in [5.41, 5.74) is 2.76. The number of aryl methyl sites for hydroxylation is 1. The quantitative estimate of drug-likeness (QED) is 0.284.